The third-order valence-corrected chi connectivity index (χ3v) is 8.53. The summed E-state index contributed by atoms with van der Waals surface area (Å²) >= 11 is 0. The highest BCUT2D eigenvalue weighted by molar-refractivity contribution is 6.96. The van der Waals surface area contributed by atoms with E-state index in [0.29, 0.717) is 0 Å². The summed E-state index contributed by atoms with van der Waals surface area (Å²) in [5.74, 6) is 0. The van der Waals surface area contributed by atoms with Crippen molar-refractivity contribution in [3.63, 3.8) is 0 Å². The Bertz CT molecular complexity index is 249. The molecule has 0 aliphatic heterocycles. The predicted octanol–water partition coefficient (Wildman–Crippen LogP) is 2.25. The molecule has 1 aromatic rings. The van der Waals surface area contributed by atoms with Crippen molar-refractivity contribution in [2.75, 3.05) is 0 Å². The summed E-state index contributed by atoms with van der Waals surface area (Å²) in [6.45, 7) is 9.45. The normalized spacial score (nSPS) is 14.2. The minimum absolute atomic E-state index is 0.874. The zero-order valence-electron chi connectivity index (χ0n) is 8.96. The molecule has 0 aromatic heterocycles. The van der Waals surface area contributed by atoms with Crippen LogP contribution in [0.4, 0.5) is 0 Å². The fraction of sp³-hybridized carbons (Fsp3) is 0.364. The van der Waals surface area contributed by atoms with Gasteiger partial charge in [-0.3, -0.25) is 0 Å². The van der Waals surface area contributed by atoms with Gasteiger partial charge in [0.1, 0.15) is 0 Å². The van der Waals surface area contributed by atoms with Gasteiger partial charge in [0.05, 0.1) is 8.80 Å². The highest BCUT2D eigenvalue weighted by atomic mass is 28.4. The maximum absolute atomic E-state index is 3.81. The average molecular weight is 206 g/mol. The van der Waals surface area contributed by atoms with E-state index in [1.807, 2.05) is 0 Å². The monoisotopic (exact) mass is 206 g/mol. The molecule has 0 aliphatic rings. The molecule has 0 nitrogen and oxygen atoms in total. The first-order chi connectivity index (χ1) is 5.99. The fourth-order valence-corrected chi connectivity index (χ4v) is 8.14. The Morgan fingerprint density at radius 2 is 1.62 bits per heavy atom. The molecule has 0 bridgehead atoms. The summed E-state index contributed by atoms with van der Waals surface area (Å²) in [7, 11) is -1.97. The van der Waals surface area contributed by atoms with Gasteiger partial charge in [-0.2, -0.15) is 0 Å². The van der Waals surface area contributed by atoms with E-state index in [1.54, 1.807) is 0 Å². The maximum Gasteiger partial charge on any atom is 0.0712 e. The summed E-state index contributed by atoms with van der Waals surface area (Å²) in [4.78, 5) is 0. The van der Waals surface area contributed by atoms with Crippen LogP contribution in [0.5, 0.6) is 0 Å². The van der Waals surface area contributed by atoms with Gasteiger partial charge in [0.15, 0.2) is 0 Å². The molecule has 1 atom stereocenters. The van der Waals surface area contributed by atoms with Crippen molar-refractivity contribution < 1.29 is 0 Å². The van der Waals surface area contributed by atoms with Gasteiger partial charge in [0, 0.05) is 8.07 Å². The zero-order chi connectivity index (χ0) is 9.90. The van der Waals surface area contributed by atoms with E-state index < -0.39 is 16.9 Å². The third-order valence-electron chi connectivity index (χ3n) is 1.95. The van der Waals surface area contributed by atoms with Gasteiger partial charge in [-0.15, -0.1) is 0 Å². The standard InChI is InChI=1S/C11H18Si2/c1-12(10-13(2,3)4)11-8-6-5-7-9-11/h5-9,12H,1-4H3. The minimum atomic E-state index is -1.09. The van der Waals surface area contributed by atoms with Gasteiger partial charge in [-0.25, -0.2) is 0 Å². The molecular formula is C11H18Si2. The first kappa shape index (κ1) is 10.7. The van der Waals surface area contributed by atoms with Crippen LogP contribution < -0.4 is 5.19 Å². The summed E-state index contributed by atoms with van der Waals surface area (Å²) in [5, 5.41) is 1.52. The molecule has 13 heavy (non-hydrogen) atoms. The smallest absolute Gasteiger partial charge is 0.0694 e. The Morgan fingerprint density at radius 3 is 2.08 bits per heavy atom. The summed E-state index contributed by atoms with van der Waals surface area (Å²) in [6.07, 6.45) is 0. The molecule has 1 rings (SSSR count). The molecule has 0 saturated carbocycles. The van der Waals surface area contributed by atoms with Gasteiger partial charge in [-0.05, 0) is 5.67 Å². The van der Waals surface area contributed by atoms with Crippen molar-refractivity contribution >= 4 is 22.1 Å². The second-order valence-corrected chi connectivity index (χ2v) is 12.3. The predicted molar refractivity (Wildman–Crippen MR) is 65.7 cm³/mol. The van der Waals surface area contributed by atoms with E-state index in [2.05, 4.69) is 62.2 Å². The average Bonchev–Trinajstić information content (AvgIpc) is 2.03. The zero-order valence-corrected chi connectivity index (χ0v) is 11.1. The van der Waals surface area contributed by atoms with Crippen LogP contribution in [0.3, 0.4) is 0 Å². The topological polar surface area (TPSA) is 0 Å². The minimum Gasteiger partial charge on any atom is -0.0694 e. The highest BCUT2D eigenvalue weighted by Crippen LogP contribution is 2.07. The van der Waals surface area contributed by atoms with Crippen LogP contribution in [0.1, 0.15) is 0 Å². The molecule has 0 amide bonds. The Hall–Kier alpha value is -0.346. The van der Waals surface area contributed by atoms with Crippen molar-refractivity contribution in [2.24, 2.45) is 0 Å². The van der Waals surface area contributed by atoms with Crippen LogP contribution >= 0.6 is 0 Å². The third kappa shape index (κ3) is 3.92. The van der Waals surface area contributed by atoms with Crippen molar-refractivity contribution in [2.45, 2.75) is 26.2 Å². The van der Waals surface area contributed by atoms with Gasteiger partial charge in [0.25, 0.3) is 0 Å². The van der Waals surface area contributed by atoms with Gasteiger partial charge in [0.2, 0.25) is 0 Å². The Labute approximate surface area is 84.6 Å². The van der Waals surface area contributed by atoms with E-state index in [-0.39, 0.29) is 0 Å². The first-order valence-corrected chi connectivity index (χ1v) is 10.6. The highest BCUT2D eigenvalue weighted by Gasteiger charge is 2.19. The number of hydrogen-bond donors (Lipinski definition) is 0. The maximum atomic E-state index is 3.81. The molecule has 70 valence electrons. The summed E-state index contributed by atoms with van der Waals surface area (Å²) in [5.41, 5.74) is 3.81. The SMILES string of the molecule is C[SiH]([C][Si](C)(C)C)c1ccccc1. The lowest BCUT2D eigenvalue weighted by Gasteiger charge is -2.19. The molecule has 0 fully saturated rings. The van der Waals surface area contributed by atoms with Crippen LogP contribution in [-0.4, -0.2) is 16.9 Å². The quantitative estimate of drug-likeness (QED) is 0.666. The molecule has 0 saturated heterocycles. The molecule has 2 radical (unpaired) electrons. The number of rotatable bonds is 3. The number of benzene rings is 1. The van der Waals surface area contributed by atoms with Crippen molar-refractivity contribution in [3.05, 3.63) is 36.0 Å². The van der Waals surface area contributed by atoms with Gasteiger partial charge < -0.3 is 0 Å². The Morgan fingerprint density at radius 1 is 1.08 bits per heavy atom. The van der Waals surface area contributed by atoms with Crippen LogP contribution in [-0.2, 0) is 0 Å². The van der Waals surface area contributed by atoms with Gasteiger partial charge >= 0.3 is 0 Å². The molecular weight excluding hydrogens is 188 g/mol. The fourth-order valence-electron chi connectivity index (χ4n) is 1.47. The molecule has 2 heteroatoms. The van der Waals surface area contributed by atoms with Crippen LogP contribution in [0.25, 0.3) is 0 Å². The van der Waals surface area contributed by atoms with E-state index in [1.165, 1.54) is 5.19 Å². The van der Waals surface area contributed by atoms with E-state index >= 15 is 0 Å². The van der Waals surface area contributed by atoms with E-state index in [4.69, 9.17) is 0 Å². The molecule has 0 N–H and O–H groups in total. The van der Waals surface area contributed by atoms with Crippen molar-refractivity contribution in [1.82, 2.24) is 0 Å². The molecule has 0 aliphatic carbocycles. The van der Waals surface area contributed by atoms with E-state index in [0.717, 1.165) is 0 Å². The lowest BCUT2D eigenvalue weighted by atomic mass is 10.4. The number of hydrogen-bond acceptors (Lipinski definition) is 0. The molecule has 1 unspecified atom stereocenters. The summed E-state index contributed by atoms with van der Waals surface area (Å²) < 4.78 is 0. The van der Waals surface area contributed by atoms with Crippen LogP contribution in [0, 0.1) is 5.67 Å². The largest absolute Gasteiger partial charge is 0.0712 e. The van der Waals surface area contributed by atoms with Crippen molar-refractivity contribution in [1.29, 1.82) is 0 Å². The second-order valence-electron chi connectivity index (χ2n) is 4.53. The lowest BCUT2D eigenvalue weighted by molar-refractivity contribution is 1.70. The molecule has 1 aromatic carbocycles. The Balaban J connectivity index is 2.64. The van der Waals surface area contributed by atoms with Gasteiger partial charge in [-0.1, -0.05) is 61.7 Å². The molecule has 0 heterocycles. The summed E-state index contributed by atoms with van der Waals surface area (Å²) in [6, 6.07) is 10.8. The molecule has 0 spiro atoms. The second kappa shape index (κ2) is 4.24. The lowest BCUT2D eigenvalue weighted by Crippen LogP contribution is -2.37. The first-order valence-electron chi connectivity index (χ1n) is 4.82. The van der Waals surface area contributed by atoms with E-state index in [9.17, 15) is 0 Å². The van der Waals surface area contributed by atoms with Crippen LogP contribution in [0.2, 0.25) is 26.2 Å². The van der Waals surface area contributed by atoms with Crippen molar-refractivity contribution in [3.8, 4) is 0 Å². The Kier molecular flexibility index (Phi) is 3.50. The van der Waals surface area contributed by atoms with Crippen LogP contribution in [0.15, 0.2) is 30.3 Å².